The molecule has 0 aromatic heterocycles. The minimum atomic E-state index is -1.22. The second kappa shape index (κ2) is 8.84. The molecule has 3 nitrogen and oxygen atoms in total. The van der Waals surface area contributed by atoms with E-state index in [4.69, 9.17) is 4.74 Å². The Morgan fingerprint density at radius 1 is 0.929 bits per heavy atom. The second-order valence-corrected chi connectivity index (χ2v) is 7.10. The molecule has 3 aromatic rings. The highest BCUT2D eigenvalue weighted by Crippen LogP contribution is 2.37. The monoisotopic (exact) mass is 371 g/mol. The number of nitriles is 1. The summed E-state index contributed by atoms with van der Waals surface area (Å²) in [5, 5.41) is 21.7. The molecule has 0 aliphatic rings. The molecule has 0 bridgehead atoms. The van der Waals surface area contributed by atoms with E-state index in [1.54, 1.807) is 0 Å². The standard InChI is InChI=1S/C25H25NO2/c1-19-10-9-15-23(16-19)25(18-26,22-13-7-4-8-14-22)24(27)20(2)28-17-21-11-5-3-6-12-21/h3-16,20,24,27H,17H2,1-2H3/t20-,24+,25-/m0/s1. The molecule has 0 amide bonds. The van der Waals surface area contributed by atoms with Crippen molar-refractivity contribution in [3.05, 3.63) is 107 Å². The van der Waals surface area contributed by atoms with Gasteiger partial charge in [-0.05, 0) is 30.5 Å². The molecule has 0 saturated heterocycles. The van der Waals surface area contributed by atoms with E-state index in [0.717, 1.165) is 22.3 Å². The molecule has 0 unspecified atom stereocenters. The Morgan fingerprint density at radius 3 is 2.14 bits per heavy atom. The minimum Gasteiger partial charge on any atom is -0.388 e. The van der Waals surface area contributed by atoms with Gasteiger partial charge in [-0.25, -0.2) is 0 Å². The summed E-state index contributed by atoms with van der Waals surface area (Å²) >= 11 is 0. The van der Waals surface area contributed by atoms with Crippen LogP contribution in [0, 0.1) is 18.3 Å². The normalized spacial score (nSPS) is 15.2. The molecule has 0 radical (unpaired) electrons. The van der Waals surface area contributed by atoms with Crippen molar-refractivity contribution in [1.29, 1.82) is 5.26 Å². The Bertz CT molecular complexity index is 934. The van der Waals surface area contributed by atoms with Crippen LogP contribution in [0.1, 0.15) is 29.2 Å². The van der Waals surface area contributed by atoms with Gasteiger partial charge in [-0.3, -0.25) is 0 Å². The number of hydrogen-bond acceptors (Lipinski definition) is 3. The van der Waals surface area contributed by atoms with Crippen molar-refractivity contribution in [2.24, 2.45) is 0 Å². The van der Waals surface area contributed by atoms with E-state index < -0.39 is 17.6 Å². The van der Waals surface area contributed by atoms with Gasteiger partial charge in [0.05, 0.1) is 18.8 Å². The van der Waals surface area contributed by atoms with Crippen LogP contribution in [0.3, 0.4) is 0 Å². The highest BCUT2D eigenvalue weighted by Gasteiger charge is 2.45. The van der Waals surface area contributed by atoms with Crippen molar-refractivity contribution in [2.45, 2.75) is 38.1 Å². The number of aliphatic hydroxyl groups is 1. The minimum absolute atomic E-state index is 0.378. The highest BCUT2D eigenvalue weighted by atomic mass is 16.5. The Balaban J connectivity index is 1.97. The zero-order valence-electron chi connectivity index (χ0n) is 16.2. The van der Waals surface area contributed by atoms with E-state index in [-0.39, 0.29) is 0 Å². The molecule has 0 spiro atoms. The third-order valence-electron chi connectivity index (χ3n) is 5.12. The van der Waals surface area contributed by atoms with Crippen molar-refractivity contribution >= 4 is 0 Å². The van der Waals surface area contributed by atoms with Crippen LogP contribution in [-0.4, -0.2) is 17.3 Å². The van der Waals surface area contributed by atoms with Crippen molar-refractivity contribution in [2.75, 3.05) is 0 Å². The second-order valence-electron chi connectivity index (χ2n) is 7.10. The van der Waals surface area contributed by atoms with E-state index in [0.29, 0.717) is 6.61 Å². The summed E-state index contributed by atoms with van der Waals surface area (Å²) < 4.78 is 5.97. The SMILES string of the molecule is Cc1cccc([C@](C#N)(c2ccccc2)[C@H](O)[C@H](C)OCc2ccccc2)c1. The molecular weight excluding hydrogens is 346 g/mol. The van der Waals surface area contributed by atoms with E-state index in [1.165, 1.54) is 0 Å². The third-order valence-corrected chi connectivity index (χ3v) is 5.12. The summed E-state index contributed by atoms with van der Waals surface area (Å²) in [4.78, 5) is 0. The summed E-state index contributed by atoms with van der Waals surface area (Å²) in [5.41, 5.74) is 2.37. The smallest absolute Gasteiger partial charge is 0.135 e. The number of hydrogen-bond donors (Lipinski definition) is 1. The third kappa shape index (κ3) is 3.99. The quantitative estimate of drug-likeness (QED) is 0.651. The number of aryl methyl sites for hydroxylation is 1. The van der Waals surface area contributed by atoms with Crippen molar-refractivity contribution in [1.82, 2.24) is 0 Å². The van der Waals surface area contributed by atoms with Gasteiger partial charge >= 0.3 is 0 Å². The molecule has 1 N–H and O–H groups in total. The molecule has 0 heterocycles. The zero-order valence-corrected chi connectivity index (χ0v) is 16.2. The fourth-order valence-electron chi connectivity index (χ4n) is 3.54. The molecule has 0 saturated carbocycles. The fraction of sp³-hybridized carbons (Fsp3) is 0.240. The summed E-state index contributed by atoms with van der Waals surface area (Å²) in [6.07, 6.45) is -1.58. The van der Waals surface area contributed by atoms with Gasteiger partial charge in [0.2, 0.25) is 0 Å². The fourth-order valence-corrected chi connectivity index (χ4v) is 3.54. The first kappa shape index (κ1) is 19.8. The topological polar surface area (TPSA) is 53.2 Å². The maximum atomic E-state index is 11.4. The van der Waals surface area contributed by atoms with Crippen molar-refractivity contribution < 1.29 is 9.84 Å². The molecule has 142 valence electrons. The highest BCUT2D eigenvalue weighted by molar-refractivity contribution is 5.49. The van der Waals surface area contributed by atoms with Crippen LogP contribution in [0.2, 0.25) is 0 Å². The number of aliphatic hydroxyl groups excluding tert-OH is 1. The average Bonchev–Trinajstić information content (AvgIpc) is 2.74. The lowest BCUT2D eigenvalue weighted by Crippen LogP contribution is -2.46. The van der Waals surface area contributed by atoms with Crippen LogP contribution in [0.4, 0.5) is 0 Å². The van der Waals surface area contributed by atoms with Crippen LogP contribution in [0.15, 0.2) is 84.9 Å². The Labute approximate surface area is 166 Å². The summed E-state index contributed by atoms with van der Waals surface area (Å²) in [6, 6.07) is 29.5. The Morgan fingerprint density at radius 2 is 1.54 bits per heavy atom. The predicted octanol–water partition coefficient (Wildman–Crippen LogP) is 4.77. The van der Waals surface area contributed by atoms with Crippen LogP contribution in [0.25, 0.3) is 0 Å². The van der Waals surface area contributed by atoms with Crippen LogP contribution in [-0.2, 0) is 16.8 Å². The molecule has 0 aliphatic carbocycles. The molecular formula is C25H25NO2. The van der Waals surface area contributed by atoms with E-state index in [1.807, 2.05) is 98.8 Å². The number of rotatable bonds is 7. The lowest BCUT2D eigenvalue weighted by Gasteiger charge is -2.36. The first-order valence-electron chi connectivity index (χ1n) is 9.45. The first-order chi connectivity index (χ1) is 13.6. The van der Waals surface area contributed by atoms with Crippen molar-refractivity contribution in [3.63, 3.8) is 0 Å². The maximum Gasteiger partial charge on any atom is 0.135 e. The molecule has 0 fully saturated rings. The van der Waals surface area contributed by atoms with Gasteiger partial charge in [0.25, 0.3) is 0 Å². The molecule has 28 heavy (non-hydrogen) atoms. The summed E-state index contributed by atoms with van der Waals surface area (Å²) in [6.45, 7) is 4.18. The summed E-state index contributed by atoms with van der Waals surface area (Å²) in [5.74, 6) is 0. The number of benzene rings is 3. The Hall–Kier alpha value is -2.93. The molecule has 3 atom stereocenters. The lowest BCUT2D eigenvalue weighted by molar-refractivity contribution is -0.0522. The number of nitrogens with zero attached hydrogens (tertiary/aromatic N) is 1. The van der Waals surface area contributed by atoms with E-state index >= 15 is 0 Å². The maximum absolute atomic E-state index is 11.4. The van der Waals surface area contributed by atoms with Gasteiger partial charge in [0.15, 0.2) is 0 Å². The Kier molecular flexibility index (Phi) is 6.26. The van der Waals surface area contributed by atoms with Gasteiger partial charge in [0, 0.05) is 0 Å². The van der Waals surface area contributed by atoms with Gasteiger partial charge in [-0.2, -0.15) is 5.26 Å². The average molecular weight is 371 g/mol. The van der Waals surface area contributed by atoms with Crippen molar-refractivity contribution in [3.8, 4) is 6.07 Å². The lowest BCUT2D eigenvalue weighted by atomic mass is 9.69. The largest absolute Gasteiger partial charge is 0.388 e. The van der Waals surface area contributed by atoms with Gasteiger partial charge < -0.3 is 9.84 Å². The number of ether oxygens (including phenoxy) is 1. The van der Waals surface area contributed by atoms with Crippen LogP contribution >= 0.6 is 0 Å². The van der Waals surface area contributed by atoms with Crippen LogP contribution < -0.4 is 0 Å². The van der Waals surface area contributed by atoms with Gasteiger partial charge in [0.1, 0.15) is 11.5 Å². The van der Waals surface area contributed by atoms with E-state index in [9.17, 15) is 10.4 Å². The summed E-state index contributed by atoms with van der Waals surface area (Å²) in [7, 11) is 0. The molecule has 3 aromatic carbocycles. The zero-order chi connectivity index (χ0) is 20.0. The predicted molar refractivity (Wildman–Crippen MR) is 111 cm³/mol. The van der Waals surface area contributed by atoms with Gasteiger partial charge in [-0.1, -0.05) is 90.5 Å². The molecule has 0 aliphatic heterocycles. The molecule has 3 rings (SSSR count). The van der Waals surface area contributed by atoms with Crippen LogP contribution in [0.5, 0.6) is 0 Å². The molecule has 3 heteroatoms. The van der Waals surface area contributed by atoms with E-state index in [2.05, 4.69) is 6.07 Å². The first-order valence-corrected chi connectivity index (χ1v) is 9.45. The van der Waals surface area contributed by atoms with Gasteiger partial charge in [-0.15, -0.1) is 0 Å².